The Balaban J connectivity index is 3.64. The maximum absolute atomic E-state index is 12.6. The lowest BCUT2D eigenvalue weighted by Crippen LogP contribution is -2.36. The first kappa shape index (κ1) is 12.9. The number of carbonyl (C=O) groups is 1. The minimum absolute atomic E-state index is 0.0118. The van der Waals surface area contributed by atoms with Crippen LogP contribution < -0.4 is 5.32 Å². The van der Waals surface area contributed by atoms with Crippen LogP contribution in [0.2, 0.25) is 0 Å². The zero-order valence-electron chi connectivity index (χ0n) is 8.06. The summed E-state index contributed by atoms with van der Waals surface area (Å²) in [6.07, 6.45) is -1.58. The molecule has 3 nitrogen and oxygen atoms in total. The zero-order chi connectivity index (χ0) is 10.5. The van der Waals surface area contributed by atoms with Gasteiger partial charge in [-0.05, 0) is 20.8 Å². The van der Waals surface area contributed by atoms with E-state index in [0.29, 0.717) is 4.43 Å². The molecule has 0 heterocycles. The first-order valence-corrected chi connectivity index (χ1v) is 5.54. The van der Waals surface area contributed by atoms with Crippen LogP contribution in [0.1, 0.15) is 20.8 Å². The molecule has 13 heavy (non-hydrogen) atoms. The molecule has 0 aliphatic heterocycles. The topological polar surface area (TPSA) is 38.3 Å². The van der Waals surface area contributed by atoms with E-state index in [1.807, 2.05) is 22.6 Å². The minimum Gasteiger partial charge on any atom is -0.444 e. The normalized spacial score (nSPS) is 13.6. The van der Waals surface area contributed by atoms with Crippen LogP contribution >= 0.6 is 22.6 Å². The molecular formula is C8H15FINO2. The fourth-order valence-electron chi connectivity index (χ4n) is 0.563. The summed E-state index contributed by atoms with van der Waals surface area (Å²) in [6, 6.07) is 0. The number of carbonyl (C=O) groups excluding carboxylic acids is 1. The summed E-state index contributed by atoms with van der Waals surface area (Å²) < 4.78 is 17.9. The lowest BCUT2D eigenvalue weighted by molar-refractivity contribution is 0.0516. The number of rotatable bonds is 3. The Hall–Kier alpha value is -0.0700. The fourth-order valence-corrected chi connectivity index (χ4v) is 0.874. The molecule has 0 aliphatic rings. The van der Waals surface area contributed by atoms with Crippen LogP contribution in [0.5, 0.6) is 0 Å². The highest BCUT2D eigenvalue weighted by molar-refractivity contribution is 14.1. The molecule has 0 fully saturated rings. The Labute approximate surface area is 91.5 Å². The highest BCUT2D eigenvalue weighted by Crippen LogP contribution is 2.06. The maximum Gasteiger partial charge on any atom is 0.407 e. The molecule has 0 aromatic heterocycles. The predicted octanol–water partition coefficient (Wildman–Crippen LogP) is 2.28. The van der Waals surface area contributed by atoms with Crippen LogP contribution in [0.15, 0.2) is 0 Å². The third-order valence-electron chi connectivity index (χ3n) is 1.03. The fraction of sp³-hybridized carbons (Fsp3) is 0.875. The first-order valence-electron chi connectivity index (χ1n) is 4.02. The van der Waals surface area contributed by atoms with E-state index in [1.54, 1.807) is 20.8 Å². The van der Waals surface area contributed by atoms with Gasteiger partial charge in [0.1, 0.15) is 11.8 Å². The van der Waals surface area contributed by atoms with Gasteiger partial charge in [0.2, 0.25) is 0 Å². The van der Waals surface area contributed by atoms with Crippen LogP contribution in [-0.2, 0) is 4.74 Å². The molecule has 0 spiro atoms. The maximum atomic E-state index is 12.6. The predicted molar refractivity (Wildman–Crippen MR) is 58.0 cm³/mol. The second-order valence-electron chi connectivity index (χ2n) is 3.63. The standard InChI is InChI=1S/C8H15FINO2/c1-8(2,3)13-7(12)11-5-6(9)4-10/h6H,4-5H2,1-3H3,(H,11,12)/t6-/m0/s1. The Morgan fingerprint density at radius 2 is 2.15 bits per heavy atom. The van der Waals surface area contributed by atoms with E-state index in [2.05, 4.69) is 5.32 Å². The summed E-state index contributed by atoms with van der Waals surface area (Å²) in [5.41, 5.74) is -0.528. The molecule has 0 aromatic carbocycles. The summed E-state index contributed by atoms with van der Waals surface area (Å²) in [4.78, 5) is 11.0. The van der Waals surface area contributed by atoms with Crippen LogP contribution in [-0.4, -0.2) is 28.8 Å². The molecule has 0 aliphatic carbocycles. The second kappa shape index (κ2) is 5.62. The van der Waals surface area contributed by atoms with Gasteiger partial charge in [0.25, 0.3) is 0 Å². The Morgan fingerprint density at radius 1 is 1.62 bits per heavy atom. The van der Waals surface area contributed by atoms with E-state index in [0.717, 1.165) is 0 Å². The van der Waals surface area contributed by atoms with E-state index >= 15 is 0 Å². The van der Waals surface area contributed by atoms with Crippen molar-refractivity contribution in [2.45, 2.75) is 32.5 Å². The summed E-state index contributed by atoms with van der Waals surface area (Å²) >= 11 is 1.92. The van der Waals surface area contributed by atoms with Gasteiger partial charge in [0, 0.05) is 4.43 Å². The number of alkyl halides is 2. The quantitative estimate of drug-likeness (QED) is 0.642. The van der Waals surface area contributed by atoms with E-state index in [1.165, 1.54) is 0 Å². The smallest absolute Gasteiger partial charge is 0.407 e. The molecule has 0 saturated heterocycles. The van der Waals surface area contributed by atoms with Crippen molar-refractivity contribution in [2.75, 3.05) is 11.0 Å². The lowest BCUT2D eigenvalue weighted by atomic mass is 10.2. The summed E-state index contributed by atoms with van der Waals surface area (Å²) in [6.45, 7) is 5.30. The van der Waals surface area contributed by atoms with Gasteiger partial charge >= 0.3 is 6.09 Å². The average Bonchev–Trinajstić information content (AvgIpc) is 1.97. The van der Waals surface area contributed by atoms with Gasteiger partial charge < -0.3 is 10.1 Å². The van der Waals surface area contributed by atoms with Crippen LogP contribution in [0.4, 0.5) is 9.18 Å². The number of nitrogens with one attached hydrogen (secondary N) is 1. The van der Waals surface area contributed by atoms with Crippen LogP contribution in [0.3, 0.4) is 0 Å². The van der Waals surface area contributed by atoms with Crippen molar-refractivity contribution in [1.29, 1.82) is 0 Å². The monoisotopic (exact) mass is 303 g/mol. The second-order valence-corrected chi connectivity index (χ2v) is 4.52. The Bertz CT molecular complexity index is 170. The van der Waals surface area contributed by atoms with Crippen LogP contribution in [0, 0.1) is 0 Å². The first-order chi connectivity index (χ1) is 5.85. The summed E-state index contributed by atoms with van der Waals surface area (Å²) in [7, 11) is 0. The molecule has 1 amide bonds. The number of halogens is 2. The van der Waals surface area contributed by atoms with Crippen molar-refractivity contribution in [3.8, 4) is 0 Å². The van der Waals surface area contributed by atoms with Gasteiger partial charge in [-0.25, -0.2) is 9.18 Å². The van der Waals surface area contributed by atoms with Crippen molar-refractivity contribution in [3.05, 3.63) is 0 Å². The summed E-state index contributed by atoms with van der Waals surface area (Å²) in [5.74, 6) is 0. The van der Waals surface area contributed by atoms with Crippen molar-refractivity contribution in [1.82, 2.24) is 5.32 Å². The zero-order valence-corrected chi connectivity index (χ0v) is 10.2. The Morgan fingerprint density at radius 3 is 2.54 bits per heavy atom. The number of hydrogen-bond donors (Lipinski definition) is 1. The molecule has 1 N–H and O–H groups in total. The van der Waals surface area contributed by atoms with E-state index in [-0.39, 0.29) is 6.54 Å². The number of amides is 1. The van der Waals surface area contributed by atoms with Gasteiger partial charge in [-0.3, -0.25) is 0 Å². The molecule has 0 saturated carbocycles. The molecule has 78 valence electrons. The summed E-state index contributed by atoms with van der Waals surface area (Å²) in [5, 5.41) is 2.35. The molecule has 0 aromatic rings. The van der Waals surface area contributed by atoms with Gasteiger partial charge in [-0.1, -0.05) is 22.6 Å². The SMILES string of the molecule is CC(C)(C)OC(=O)NC[C@@H](F)CI. The van der Waals surface area contributed by atoms with Crippen molar-refractivity contribution in [3.63, 3.8) is 0 Å². The van der Waals surface area contributed by atoms with Crippen molar-refractivity contribution < 1.29 is 13.9 Å². The van der Waals surface area contributed by atoms with Gasteiger partial charge in [0.15, 0.2) is 0 Å². The third kappa shape index (κ3) is 8.27. The van der Waals surface area contributed by atoms with E-state index in [4.69, 9.17) is 4.74 Å². The number of alkyl carbamates (subject to hydrolysis) is 1. The largest absolute Gasteiger partial charge is 0.444 e. The lowest BCUT2D eigenvalue weighted by Gasteiger charge is -2.19. The van der Waals surface area contributed by atoms with Gasteiger partial charge in [-0.2, -0.15) is 0 Å². The van der Waals surface area contributed by atoms with E-state index in [9.17, 15) is 9.18 Å². The molecule has 0 rings (SSSR count). The van der Waals surface area contributed by atoms with Crippen molar-refractivity contribution in [2.24, 2.45) is 0 Å². The van der Waals surface area contributed by atoms with Gasteiger partial charge in [-0.15, -0.1) is 0 Å². The molecule has 5 heteroatoms. The molecule has 0 unspecified atom stereocenters. The molecule has 0 bridgehead atoms. The molecular weight excluding hydrogens is 288 g/mol. The highest BCUT2D eigenvalue weighted by atomic mass is 127. The number of ether oxygens (including phenoxy) is 1. The Kier molecular flexibility index (Phi) is 5.59. The van der Waals surface area contributed by atoms with Crippen molar-refractivity contribution >= 4 is 28.7 Å². The van der Waals surface area contributed by atoms with Gasteiger partial charge in [0.05, 0.1) is 6.54 Å². The van der Waals surface area contributed by atoms with Crippen LogP contribution in [0.25, 0.3) is 0 Å². The average molecular weight is 303 g/mol. The van der Waals surface area contributed by atoms with E-state index < -0.39 is 17.9 Å². The molecule has 1 atom stereocenters. The number of hydrogen-bond acceptors (Lipinski definition) is 2. The molecule has 0 radical (unpaired) electrons. The minimum atomic E-state index is -1.01. The third-order valence-corrected chi connectivity index (χ3v) is 1.99. The highest BCUT2D eigenvalue weighted by Gasteiger charge is 2.16.